The number of hydrogen-bond donors (Lipinski definition) is 10. The Morgan fingerprint density at radius 2 is 1.26 bits per heavy atom. The fraction of sp³-hybridized carbons (Fsp3) is 0.667. The summed E-state index contributed by atoms with van der Waals surface area (Å²) in [4.78, 5) is 75.3. The molecule has 0 aromatic rings. The van der Waals surface area contributed by atoms with Gasteiger partial charge in [0.05, 0.1) is 12.5 Å². The van der Waals surface area contributed by atoms with E-state index in [0.717, 1.165) is 0 Å². The Balaban J connectivity index is 5.53. The van der Waals surface area contributed by atoms with Crippen LogP contribution in [-0.2, 0) is 28.8 Å². The minimum atomic E-state index is -1.76. The molecule has 14 N–H and O–H groups in total. The third-order valence-electron chi connectivity index (χ3n) is 5.16. The van der Waals surface area contributed by atoms with Gasteiger partial charge in [-0.25, -0.2) is 4.79 Å². The van der Waals surface area contributed by atoms with E-state index < -0.39 is 72.6 Å². The van der Waals surface area contributed by atoms with Gasteiger partial charge in [0.15, 0.2) is 5.96 Å². The number of guanidine groups is 1. The van der Waals surface area contributed by atoms with Crippen molar-refractivity contribution in [3.63, 3.8) is 0 Å². The molecule has 38 heavy (non-hydrogen) atoms. The fourth-order valence-electron chi connectivity index (χ4n) is 3.15. The summed E-state index contributed by atoms with van der Waals surface area (Å²) in [6, 6.07) is -5.53. The van der Waals surface area contributed by atoms with Crippen molar-refractivity contribution in [1.82, 2.24) is 16.0 Å². The number of hydrogen-bond acceptors (Lipinski definition) is 9. The summed E-state index contributed by atoms with van der Waals surface area (Å²) in [6.07, 6.45) is -0.406. The van der Waals surface area contributed by atoms with Crippen LogP contribution in [0.3, 0.4) is 0 Å². The molecule has 0 rings (SSSR count). The van der Waals surface area contributed by atoms with E-state index in [0.29, 0.717) is 19.3 Å². The van der Waals surface area contributed by atoms with Gasteiger partial charge in [-0.2, -0.15) is 0 Å². The zero-order valence-corrected chi connectivity index (χ0v) is 20.9. The number of carboxylic acids is 3. The lowest BCUT2D eigenvalue weighted by Gasteiger charge is -2.25. The van der Waals surface area contributed by atoms with E-state index in [1.807, 2.05) is 0 Å². The van der Waals surface area contributed by atoms with Crippen molar-refractivity contribution in [3.8, 4) is 0 Å². The second kappa shape index (κ2) is 18.3. The van der Waals surface area contributed by atoms with Gasteiger partial charge in [-0.3, -0.25) is 29.0 Å². The van der Waals surface area contributed by atoms with Crippen LogP contribution in [0, 0.1) is 0 Å². The Bertz CT molecular complexity index is 864. The van der Waals surface area contributed by atoms with E-state index in [2.05, 4.69) is 20.9 Å². The Kier molecular flexibility index (Phi) is 16.4. The fourth-order valence-corrected chi connectivity index (χ4v) is 3.15. The normalized spacial score (nSPS) is 13.7. The Hall–Kier alpha value is -3.99. The molecule has 4 atom stereocenters. The second-order valence-electron chi connectivity index (χ2n) is 8.39. The molecule has 0 aliphatic rings. The van der Waals surface area contributed by atoms with Gasteiger partial charge in [0.25, 0.3) is 0 Å². The number of rotatable bonds is 20. The van der Waals surface area contributed by atoms with Crippen molar-refractivity contribution in [2.75, 3.05) is 13.1 Å². The van der Waals surface area contributed by atoms with Crippen LogP contribution < -0.4 is 38.9 Å². The maximum atomic E-state index is 13.0. The summed E-state index contributed by atoms with van der Waals surface area (Å²) < 4.78 is 0. The Morgan fingerprint density at radius 1 is 0.711 bits per heavy atom. The third kappa shape index (κ3) is 15.2. The number of carboxylic acid groups (broad SMARTS) is 3. The molecule has 216 valence electrons. The molecule has 0 spiro atoms. The van der Waals surface area contributed by atoms with Crippen LogP contribution in [-0.4, -0.2) is 94.2 Å². The number of amides is 3. The minimum absolute atomic E-state index is 0.0120. The van der Waals surface area contributed by atoms with E-state index in [1.54, 1.807) is 0 Å². The molecule has 0 saturated heterocycles. The summed E-state index contributed by atoms with van der Waals surface area (Å²) in [6.45, 7) is 0.489. The lowest BCUT2D eigenvalue weighted by Crippen LogP contribution is -2.57. The first-order valence-corrected chi connectivity index (χ1v) is 11.9. The highest BCUT2D eigenvalue weighted by Crippen LogP contribution is 2.07. The van der Waals surface area contributed by atoms with Crippen LogP contribution in [0.4, 0.5) is 0 Å². The number of aliphatic carboxylic acids is 3. The molecule has 17 heteroatoms. The second-order valence-corrected chi connectivity index (χ2v) is 8.39. The zero-order valence-electron chi connectivity index (χ0n) is 20.9. The van der Waals surface area contributed by atoms with E-state index in [4.69, 9.17) is 33.1 Å². The highest BCUT2D eigenvalue weighted by molar-refractivity contribution is 5.94. The molecule has 17 nitrogen and oxygen atoms in total. The van der Waals surface area contributed by atoms with Gasteiger partial charge >= 0.3 is 17.9 Å². The third-order valence-corrected chi connectivity index (χ3v) is 5.16. The Morgan fingerprint density at radius 3 is 1.76 bits per heavy atom. The summed E-state index contributed by atoms with van der Waals surface area (Å²) in [5.41, 5.74) is 21.7. The number of nitrogens with one attached hydrogen (secondary N) is 3. The van der Waals surface area contributed by atoms with Gasteiger partial charge in [0, 0.05) is 13.0 Å². The monoisotopic (exact) mass is 546 g/mol. The van der Waals surface area contributed by atoms with Crippen molar-refractivity contribution >= 4 is 41.6 Å². The van der Waals surface area contributed by atoms with E-state index in [-0.39, 0.29) is 38.3 Å². The first-order chi connectivity index (χ1) is 17.8. The van der Waals surface area contributed by atoms with E-state index in [1.165, 1.54) is 0 Å². The summed E-state index contributed by atoms with van der Waals surface area (Å²) in [7, 11) is 0. The van der Waals surface area contributed by atoms with Gasteiger partial charge in [0.2, 0.25) is 17.7 Å². The first kappa shape index (κ1) is 34.0. The molecule has 0 aliphatic heterocycles. The number of unbranched alkanes of at least 4 members (excludes halogenated alkanes) is 1. The van der Waals surface area contributed by atoms with E-state index in [9.17, 15) is 33.9 Å². The highest BCUT2D eigenvalue weighted by atomic mass is 16.4. The number of nitrogens with two attached hydrogens (primary N) is 4. The standard InChI is InChI=1S/C21H38N8O9/c22-8-2-1-5-12(18(35)29-14(20(37)38)10-16(32)33)28-19(36)13(6-7-15(30)31)27-17(34)11(23)4-3-9-26-21(24)25/h11-14H,1-10,22-23H2,(H,27,34)(H,28,36)(H,29,35)(H,30,31)(H,32,33)(H,37,38)(H4,24,25,26). The van der Waals surface area contributed by atoms with Crippen LogP contribution in [0.1, 0.15) is 51.4 Å². The number of nitrogens with zero attached hydrogens (tertiary/aromatic N) is 1. The molecule has 3 amide bonds. The van der Waals surface area contributed by atoms with Crippen molar-refractivity contribution < 1.29 is 44.1 Å². The van der Waals surface area contributed by atoms with E-state index >= 15 is 0 Å². The van der Waals surface area contributed by atoms with Gasteiger partial charge in [-0.1, -0.05) is 0 Å². The summed E-state index contributed by atoms with van der Waals surface area (Å²) in [5.74, 6) is -7.06. The van der Waals surface area contributed by atoms with Crippen molar-refractivity contribution in [1.29, 1.82) is 0 Å². The average Bonchev–Trinajstić information content (AvgIpc) is 2.82. The summed E-state index contributed by atoms with van der Waals surface area (Å²) in [5, 5.41) is 33.9. The van der Waals surface area contributed by atoms with Crippen LogP contribution in [0.2, 0.25) is 0 Å². The lowest BCUT2D eigenvalue weighted by molar-refractivity contribution is -0.147. The van der Waals surface area contributed by atoms with Crippen molar-refractivity contribution in [2.45, 2.75) is 75.5 Å². The molecule has 0 radical (unpaired) electrons. The SMILES string of the molecule is NCCCCC(NC(=O)C(CCC(=O)O)NC(=O)C(N)CCCN=C(N)N)C(=O)NC(CC(=O)O)C(=O)O. The van der Waals surface area contributed by atoms with Crippen LogP contribution in [0.5, 0.6) is 0 Å². The predicted molar refractivity (Wildman–Crippen MR) is 133 cm³/mol. The maximum Gasteiger partial charge on any atom is 0.326 e. The molecule has 0 aromatic heterocycles. The maximum absolute atomic E-state index is 13.0. The largest absolute Gasteiger partial charge is 0.481 e. The van der Waals surface area contributed by atoms with Crippen molar-refractivity contribution in [3.05, 3.63) is 0 Å². The number of carbonyl (C=O) groups excluding carboxylic acids is 3. The van der Waals surface area contributed by atoms with Gasteiger partial charge in [-0.05, 0) is 45.1 Å². The molecule has 0 fully saturated rings. The molecular formula is C21H38N8O9. The van der Waals surface area contributed by atoms with Crippen LogP contribution in [0.25, 0.3) is 0 Å². The van der Waals surface area contributed by atoms with Crippen molar-refractivity contribution in [2.24, 2.45) is 27.9 Å². The molecule has 0 aromatic carbocycles. The molecule has 0 heterocycles. The lowest BCUT2D eigenvalue weighted by atomic mass is 10.0. The zero-order chi connectivity index (χ0) is 29.3. The first-order valence-electron chi connectivity index (χ1n) is 11.9. The van der Waals surface area contributed by atoms with Gasteiger partial charge in [0.1, 0.15) is 18.1 Å². The molecule has 4 unspecified atom stereocenters. The van der Waals surface area contributed by atoms with Gasteiger partial charge < -0.3 is 54.2 Å². The molecular weight excluding hydrogens is 508 g/mol. The Labute approximate surface area is 218 Å². The topological polar surface area (TPSA) is 316 Å². The number of carbonyl (C=O) groups is 6. The number of aliphatic imine (C=N–C) groups is 1. The summed E-state index contributed by atoms with van der Waals surface area (Å²) >= 11 is 0. The van der Waals surface area contributed by atoms with Crippen LogP contribution in [0.15, 0.2) is 4.99 Å². The minimum Gasteiger partial charge on any atom is -0.481 e. The average molecular weight is 547 g/mol. The molecule has 0 aliphatic carbocycles. The molecule has 0 saturated carbocycles. The quantitative estimate of drug-likeness (QED) is 0.0401. The molecule has 0 bridgehead atoms. The highest BCUT2D eigenvalue weighted by Gasteiger charge is 2.31. The van der Waals surface area contributed by atoms with Gasteiger partial charge in [-0.15, -0.1) is 0 Å². The smallest absolute Gasteiger partial charge is 0.326 e. The predicted octanol–water partition coefficient (Wildman–Crippen LogP) is -3.63. The van der Waals surface area contributed by atoms with Crippen LogP contribution >= 0.6 is 0 Å².